The zero-order valence-corrected chi connectivity index (χ0v) is 9.59. The first-order valence-corrected chi connectivity index (χ1v) is 6.87. The van der Waals surface area contributed by atoms with Crippen LogP contribution in [0.15, 0.2) is 0 Å². The minimum Gasteiger partial charge on any atom is -0.387 e. The molecule has 15 heavy (non-hydrogen) atoms. The maximum atomic E-state index is 11.3. The number of methoxy groups -OCH3 is 1. The molecule has 2 aliphatic rings. The molecule has 6 heteroatoms. The van der Waals surface area contributed by atoms with Crippen LogP contribution in [0.25, 0.3) is 0 Å². The van der Waals surface area contributed by atoms with Gasteiger partial charge in [0.25, 0.3) is 0 Å². The Hall–Kier alpha value is -0.170. The fourth-order valence-electron chi connectivity index (χ4n) is 2.52. The molecule has 1 aliphatic carbocycles. The van der Waals surface area contributed by atoms with E-state index in [1.807, 2.05) is 0 Å². The van der Waals surface area contributed by atoms with Crippen LogP contribution in [0.4, 0.5) is 0 Å². The van der Waals surface area contributed by atoms with Crippen LogP contribution in [0.2, 0.25) is 0 Å². The molecule has 1 unspecified atom stereocenters. The number of aliphatic hydroxyl groups is 1. The molecular formula is C9H17NO4S. The third-order valence-electron chi connectivity index (χ3n) is 3.73. The van der Waals surface area contributed by atoms with Gasteiger partial charge in [-0.2, -0.15) is 0 Å². The predicted molar refractivity (Wildman–Crippen MR) is 55.2 cm³/mol. The van der Waals surface area contributed by atoms with Crippen LogP contribution in [-0.2, 0) is 14.6 Å². The van der Waals surface area contributed by atoms with E-state index in [-0.39, 0.29) is 24.0 Å². The van der Waals surface area contributed by atoms with E-state index in [0.29, 0.717) is 12.8 Å². The zero-order chi connectivity index (χ0) is 11.3. The Morgan fingerprint density at radius 1 is 1.47 bits per heavy atom. The van der Waals surface area contributed by atoms with Gasteiger partial charge in [-0.3, -0.25) is 0 Å². The molecule has 2 rings (SSSR count). The van der Waals surface area contributed by atoms with Gasteiger partial charge in [0, 0.05) is 7.11 Å². The lowest BCUT2D eigenvalue weighted by atomic mass is 9.64. The Labute approximate surface area is 89.5 Å². The second kappa shape index (κ2) is 3.16. The zero-order valence-electron chi connectivity index (χ0n) is 8.77. The van der Waals surface area contributed by atoms with Crippen molar-refractivity contribution < 1.29 is 18.3 Å². The first-order valence-electron chi connectivity index (χ1n) is 5.05. The van der Waals surface area contributed by atoms with Gasteiger partial charge in [-0.1, -0.05) is 0 Å². The Kier molecular flexibility index (Phi) is 2.39. The van der Waals surface area contributed by atoms with Crippen molar-refractivity contribution >= 4 is 9.84 Å². The molecule has 0 radical (unpaired) electrons. The van der Waals surface area contributed by atoms with E-state index >= 15 is 0 Å². The summed E-state index contributed by atoms with van der Waals surface area (Å²) in [7, 11) is -1.51. The van der Waals surface area contributed by atoms with Crippen LogP contribution in [0.5, 0.6) is 0 Å². The summed E-state index contributed by atoms with van der Waals surface area (Å²) in [6, 6.07) is 0. The van der Waals surface area contributed by atoms with Crippen LogP contribution in [0.1, 0.15) is 19.3 Å². The Morgan fingerprint density at radius 3 is 2.47 bits per heavy atom. The van der Waals surface area contributed by atoms with Crippen molar-refractivity contribution in [2.24, 2.45) is 5.73 Å². The van der Waals surface area contributed by atoms with Gasteiger partial charge in [0.1, 0.15) is 0 Å². The average molecular weight is 235 g/mol. The van der Waals surface area contributed by atoms with Crippen molar-refractivity contribution in [1.82, 2.24) is 0 Å². The lowest BCUT2D eigenvalue weighted by molar-refractivity contribution is -0.113. The molecule has 5 nitrogen and oxygen atoms in total. The van der Waals surface area contributed by atoms with Gasteiger partial charge < -0.3 is 15.6 Å². The predicted octanol–water partition coefficient (Wildman–Crippen LogP) is -0.958. The molecule has 1 atom stereocenters. The monoisotopic (exact) mass is 235 g/mol. The van der Waals surface area contributed by atoms with E-state index in [2.05, 4.69) is 0 Å². The number of rotatable bonds is 2. The minimum atomic E-state index is -3.11. The van der Waals surface area contributed by atoms with E-state index in [4.69, 9.17) is 10.5 Å². The molecule has 0 aromatic heterocycles. The number of ether oxygens (including phenoxy) is 1. The van der Waals surface area contributed by atoms with Crippen LogP contribution in [0, 0.1) is 0 Å². The number of sulfone groups is 1. The molecule has 3 N–H and O–H groups in total. The third-order valence-corrected chi connectivity index (χ3v) is 5.47. The second-order valence-corrected chi connectivity index (χ2v) is 6.98. The summed E-state index contributed by atoms with van der Waals surface area (Å²) in [6.07, 6.45) is 1.38. The van der Waals surface area contributed by atoms with Crippen molar-refractivity contribution in [3.05, 3.63) is 0 Å². The number of hydrogen-bond acceptors (Lipinski definition) is 5. The molecule has 2 fully saturated rings. The van der Waals surface area contributed by atoms with Gasteiger partial charge in [-0.05, 0) is 19.3 Å². The number of hydrogen-bond donors (Lipinski definition) is 2. The molecule has 0 spiro atoms. The van der Waals surface area contributed by atoms with Gasteiger partial charge in [-0.15, -0.1) is 0 Å². The lowest BCUT2D eigenvalue weighted by Gasteiger charge is -2.52. The van der Waals surface area contributed by atoms with Crippen LogP contribution in [-0.4, -0.2) is 49.4 Å². The van der Waals surface area contributed by atoms with Crippen molar-refractivity contribution in [3.63, 3.8) is 0 Å². The molecule has 1 saturated heterocycles. The minimum absolute atomic E-state index is 0.0418. The molecule has 1 heterocycles. The summed E-state index contributed by atoms with van der Waals surface area (Å²) in [4.78, 5) is 0. The van der Waals surface area contributed by atoms with Gasteiger partial charge >= 0.3 is 0 Å². The van der Waals surface area contributed by atoms with Crippen molar-refractivity contribution in [2.45, 2.75) is 36.5 Å². The molecule has 0 aromatic rings. The highest BCUT2D eigenvalue weighted by molar-refractivity contribution is 7.91. The van der Waals surface area contributed by atoms with Gasteiger partial charge in [0.05, 0.1) is 28.7 Å². The molecule has 0 bridgehead atoms. The summed E-state index contributed by atoms with van der Waals surface area (Å²) in [6.45, 7) is 0. The molecular weight excluding hydrogens is 218 g/mol. The van der Waals surface area contributed by atoms with Crippen molar-refractivity contribution in [3.8, 4) is 0 Å². The van der Waals surface area contributed by atoms with Crippen molar-refractivity contribution in [2.75, 3.05) is 18.6 Å². The largest absolute Gasteiger partial charge is 0.387 e. The highest BCUT2D eigenvalue weighted by Crippen LogP contribution is 2.45. The summed E-state index contributed by atoms with van der Waals surface area (Å²) in [5.41, 5.74) is 4.01. The van der Waals surface area contributed by atoms with E-state index < -0.39 is 21.0 Å². The molecule has 0 amide bonds. The summed E-state index contributed by atoms with van der Waals surface area (Å²) in [5, 5.41) is 10.3. The first-order chi connectivity index (χ1) is 6.80. The summed E-state index contributed by atoms with van der Waals surface area (Å²) < 4.78 is 27.8. The van der Waals surface area contributed by atoms with Crippen LogP contribution in [0.3, 0.4) is 0 Å². The fraction of sp³-hybridized carbons (Fsp3) is 1.00. The SMILES string of the molecule is COC1CC(N)(C2(O)CCS(=O)(=O)C2)C1. The maximum Gasteiger partial charge on any atom is 0.153 e. The molecule has 0 aromatic carbocycles. The molecule has 1 saturated carbocycles. The fourth-order valence-corrected chi connectivity index (χ4v) is 4.48. The maximum absolute atomic E-state index is 11.3. The highest BCUT2D eigenvalue weighted by Gasteiger charge is 2.59. The number of nitrogens with two attached hydrogens (primary N) is 1. The van der Waals surface area contributed by atoms with Crippen LogP contribution >= 0.6 is 0 Å². The topological polar surface area (TPSA) is 89.6 Å². The Balaban J connectivity index is 2.12. The standard InChI is InChI=1S/C9H17NO4S/c1-14-7-4-8(10,5-7)9(11)2-3-15(12,13)6-9/h7,11H,2-6,10H2,1H3. The smallest absolute Gasteiger partial charge is 0.153 e. The first kappa shape index (κ1) is 11.3. The quantitative estimate of drug-likeness (QED) is 0.643. The van der Waals surface area contributed by atoms with E-state index in [9.17, 15) is 13.5 Å². The van der Waals surface area contributed by atoms with Crippen molar-refractivity contribution in [1.29, 1.82) is 0 Å². The van der Waals surface area contributed by atoms with E-state index in [0.717, 1.165) is 0 Å². The summed E-state index contributed by atoms with van der Waals surface area (Å²) >= 11 is 0. The lowest BCUT2D eigenvalue weighted by Crippen LogP contribution is -2.69. The van der Waals surface area contributed by atoms with E-state index in [1.165, 1.54) is 0 Å². The molecule has 1 aliphatic heterocycles. The second-order valence-electron chi connectivity index (χ2n) is 4.80. The average Bonchev–Trinajstić information content (AvgIpc) is 2.36. The Morgan fingerprint density at radius 2 is 2.07 bits per heavy atom. The van der Waals surface area contributed by atoms with Gasteiger partial charge in [0.15, 0.2) is 9.84 Å². The van der Waals surface area contributed by atoms with Gasteiger partial charge in [-0.25, -0.2) is 8.42 Å². The Bertz CT molecular complexity index is 360. The third kappa shape index (κ3) is 1.69. The van der Waals surface area contributed by atoms with Gasteiger partial charge in [0.2, 0.25) is 0 Å². The normalized spacial score (nSPS) is 48.9. The highest BCUT2D eigenvalue weighted by atomic mass is 32.2. The van der Waals surface area contributed by atoms with E-state index in [1.54, 1.807) is 7.11 Å². The van der Waals surface area contributed by atoms with Crippen LogP contribution < -0.4 is 5.73 Å². The summed E-state index contributed by atoms with van der Waals surface area (Å²) in [5.74, 6) is -0.160. The molecule has 88 valence electrons.